The quantitative estimate of drug-likeness (QED) is 0.569. The molecule has 0 aliphatic heterocycles. The summed E-state index contributed by atoms with van der Waals surface area (Å²) in [5.41, 5.74) is 2.32. The first-order chi connectivity index (χ1) is 8.36. The molecule has 0 spiro atoms. The molecule has 2 heteroatoms. The maximum atomic E-state index is 4.41. The van der Waals surface area contributed by atoms with Crippen LogP contribution in [0, 0.1) is 0 Å². The third-order valence-corrected chi connectivity index (χ3v) is 3.21. The van der Waals surface area contributed by atoms with Gasteiger partial charge in [0.25, 0.3) is 0 Å². The molecule has 2 aromatic heterocycles. The molecule has 2 heterocycles. The predicted molar refractivity (Wildman–Crippen MR) is 72.2 cm³/mol. The van der Waals surface area contributed by atoms with Crippen LogP contribution >= 0.6 is 0 Å². The van der Waals surface area contributed by atoms with Crippen molar-refractivity contribution in [1.29, 1.82) is 0 Å². The third-order valence-electron chi connectivity index (χ3n) is 3.21. The van der Waals surface area contributed by atoms with Crippen molar-refractivity contribution in [2.24, 2.45) is 0 Å². The van der Waals surface area contributed by atoms with Gasteiger partial charge in [0.05, 0.1) is 17.2 Å². The van der Waals surface area contributed by atoms with E-state index in [1.807, 2.05) is 10.7 Å². The van der Waals surface area contributed by atoms with E-state index in [0.29, 0.717) is 0 Å². The number of benzene rings is 1. The summed E-state index contributed by atoms with van der Waals surface area (Å²) in [6, 6.07) is 10.5. The van der Waals surface area contributed by atoms with E-state index in [2.05, 4.69) is 61.4 Å². The molecule has 0 bridgehead atoms. The Hall–Kier alpha value is -2.09. The second kappa shape index (κ2) is 3.74. The van der Waals surface area contributed by atoms with E-state index in [9.17, 15) is 0 Å². The Bertz CT molecular complexity index is 810. The molecule has 0 aliphatic carbocycles. The SMILES string of the molecule is C/C=c1\c(=C/C)c2ccnn2c2ccccc12. The van der Waals surface area contributed by atoms with E-state index < -0.39 is 0 Å². The largest absolute Gasteiger partial charge is 0.232 e. The Morgan fingerprint density at radius 3 is 2.47 bits per heavy atom. The highest BCUT2D eigenvalue weighted by atomic mass is 15.2. The molecular weight excluding hydrogens is 208 g/mol. The van der Waals surface area contributed by atoms with Crippen LogP contribution in [-0.4, -0.2) is 9.61 Å². The van der Waals surface area contributed by atoms with E-state index >= 15 is 0 Å². The van der Waals surface area contributed by atoms with Crippen molar-refractivity contribution in [3.05, 3.63) is 47.0 Å². The van der Waals surface area contributed by atoms with Crippen molar-refractivity contribution in [2.75, 3.05) is 0 Å². The molecule has 0 saturated heterocycles. The van der Waals surface area contributed by atoms with Crippen LogP contribution in [0.5, 0.6) is 0 Å². The molecule has 84 valence electrons. The fraction of sp³-hybridized carbons (Fsp3) is 0.133. The summed E-state index contributed by atoms with van der Waals surface area (Å²) in [6.07, 6.45) is 6.18. The number of aromatic nitrogens is 2. The fourth-order valence-corrected chi connectivity index (χ4v) is 2.48. The minimum atomic E-state index is 1.16. The van der Waals surface area contributed by atoms with Crippen molar-refractivity contribution in [2.45, 2.75) is 13.8 Å². The molecule has 0 aliphatic rings. The maximum absolute atomic E-state index is 4.41. The zero-order valence-corrected chi connectivity index (χ0v) is 10.0. The normalized spacial score (nSPS) is 14.0. The van der Waals surface area contributed by atoms with E-state index in [0.717, 1.165) is 5.52 Å². The minimum Gasteiger partial charge on any atom is -0.232 e. The topological polar surface area (TPSA) is 17.3 Å². The lowest BCUT2D eigenvalue weighted by atomic mass is 10.1. The van der Waals surface area contributed by atoms with E-state index in [4.69, 9.17) is 0 Å². The second-order valence-corrected chi connectivity index (χ2v) is 4.05. The lowest BCUT2D eigenvalue weighted by Crippen LogP contribution is -2.27. The highest BCUT2D eigenvalue weighted by molar-refractivity contribution is 5.84. The molecular formula is C15H14N2. The zero-order chi connectivity index (χ0) is 11.8. The Labute approximate surface area is 99.5 Å². The average molecular weight is 222 g/mol. The van der Waals surface area contributed by atoms with Crippen molar-refractivity contribution < 1.29 is 0 Å². The molecule has 3 rings (SSSR count). The number of pyridine rings is 1. The molecule has 17 heavy (non-hydrogen) atoms. The van der Waals surface area contributed by atoms with E-state index in [1.54, 1.807) is 0 Å². The number of hydrogen-bond acceptors (Lipinski definition) is 1. The number of hydrogen-bond donors (Lipinski definition) is 0. The highest BCUT2D eigenvalue weighted by Gasteiger charge is 2.04. The summed E-state index contributed by atoms with van der Waals surface area (Å²) < 4.78 is 2.01. The van der Waals surface area contributed by atoms with Crippen molar-refractivity contribution in [3.63, 3.8) is 0 Å². The lowest BCUT2D eigenvalue weighted by Gasteiger charge is -2.04. The summed E-state index contributed by atoms with van der Waals surface area (Å²) in [5.74, 6) is 0. The van der Waals surface area contributed by atoms with E-state index in [-0.39, 0.29) is 0 Å². The van der Waals surface area contributed by atoms with Crippen LogP contribution in [0.15, 0.2) is 36.5 Å². The third kappa shape index (κ3) is 1.30. The molecule has 0 saturated carbocycles. The first-order valence-electron chi connectivity index (χ1n) is 5.84. The van der Waals surface area contributed by atoms with Gasteiger partial charge in [0.2, 0.25) is 0 Å². The summed E-state index contributed by atoms with van der Waals surface area (Å²) in [4.78, 5) is 0. The Balaban J connectivity index is 2.82. The van der Waals surface area contributed by atoms with Crippen molar-refractivity contribution in [3.8, 4) is 0 Å². The van der Waals surface area contributed by atoms with Crippen LogP contribution < -0.4 is 10.4 Å². The van der Waals surface area contributed by atoms with Gasteiger partial charge in [-0.15, -0.1) is 0 Å². The van der Waals surface area contributed by atoms with Gasteiger partial charge in [0.15, 0.2) is 0 Å². The Morgan fingerprint density at radius 1 is 0.941 bits per heavy atom. The van der Waals surface area contributed by atoms with Gasteiger partial charge >= 0.3 is 0 Å². The van der Waals surface area contributed by atoms with Crippen LogP contribution in [0.25, 0.3) is 28.6 Å². The Morgan fingerprint density at radius 2 is 1.71 bits per heavy atom. The Kier molecular flexibility index (Phi) is 2.22. The van der Waals surface area contributed by atoms with Crippen LogP contribution in [0.3, 0.4) is 0 Å². The van der Waals surface area contributed by atoms with Gasteiger partial charge in [-0.2, -0.15) is 5.10 Å². The summed E-state index contributed by atoms with van der Waals surface area (Å²) in [7, 11) is 0. The highest BCUT2D eigenvalue weighted by Crippen LogP contribution is 2.09. The van der Waals surface area contributed by atoms with Gasteiger partial charge in [0, 0.05) is 10.6 Å². The molecule has 3 aromatic rings. The van der Waals surface area contributed by atoms with Crippen LogP contribution in [-0.2, 0) is 0 Å². The first kappa shape index (κ1) is 10.1. The number of fused-ring (bicyclic) bond motifs is 3. The number of para-hydroxylation sites is 1. The first-order valence-corrected chi connectivity index (χ1v) is 5.84. The van der Waals surface area contributed by atoms with Crippen LogP contribution in [0.2, 0.25) is 0 Å². The molecule has 2 nitrogen and oxygen atoms in total. The number of rotatable bonds is 0. The van der Waals surface area contributed by atoms with Gasteiger partial charge in [-0.1, -0.05) is 30.4 Å². The summed E-state index contributed by atoms with van der Waals surface area (Å²) >= 11 is 0. The summed E-state index contributed by atoms with van der Waals surface area (Å²) in [5, 5.41) is 8.20. The molecule has 1 aromatic carbocycles. The fourth-order valence-electron chi connectivity index (χ4n) is 2.48. The molecule has 0 amide bonds. The van der Waals surface area contributed by atoms with Gasteiger partial charge < -0.3 is 0 Å². The smallest absolute Gasteiger partial charge is 0.0743 e. The van der Waals surface area contributed by atoms with Crippen molar-refractivity contribution in [1.82, 2.24) is 9.61 Å². The van der Waals surface area contributed by atoms with Gasteiger partial charge in [0.1, 0.15) is 0 Å². The molecule has 0 atom stereocenters. The number of nitrogens with zero attached hydrogens (tertiary/aromatic N) is 2. The molecule has 0 N–H and O–H groups in total. The minimum absolute atomic E-state index is 1.16. The predicted octanol–water partition coefficient (Wildman–Crippen LogP) is 2.09. The van der Waals surface area contributed by atoms with Crippen molar-refractivity contribution >= 4 is 28.6 Å². The molecule has 0 fully saturated rings. The maximum Gasteiger partial charge on any atom is 0.0743 e. The second-order valence-electron chi connectivity index (χ2n) is 4.05. The van der Waals surface area contributed by atoms with Gasteiger partial charge in [-0.3, -0.25) is 0 Å². The summed E-state index contributed by atoms with van der Waals surface area (Å²) in [6.45, 7) is 4.16. The van der Waals surface area contributed by atoms with Crippen LogP contribution in [0.4, 0.5) is 0 Å². The van der Waals surface area contributed by atoms with Gasteiger partial charge in [-0.05, 0) is 31.2 Å². The molecule has 0 radical (unpaired) electrons. The zero-order valence-electron chi connectivity index (χ0n) is 10.0. The average Bonchev–Trinajstić information content (AvgIpc) is 2.86. The van der Waals surface area contributed by atoms with E-state index in [1.165, 1.54) is 21.3 Å². The van der Waals surface area contributed by atoms with Crippen LogP contribution in [0.1, 0.15) is 13.8 Å². The lowest BCUT2D eigenvalue weighted by molar-refractivity contribution is 0.999. The van der Waals surface area contributed by atoms with Gasteiger partial charge in [-0.25, -0.2) is 4.52 Å². The standard InChI is InChI=1S/C15H14N2/c1-3-11-12(4-2)15-9-10-16-17(15)14-8-6-5-7-13(11)14/h3-10H,1-2H3/b11-3+,12-4+. The monoisotopic (exact) mass is 222 g/mol. The molecule has 0 unspecified atom stereocenters.